The molecule has 1 atom stereocenters. The van der Waals surface area contributed by atoms with Gasteiger partial charge in [0.15, 0.2) is 0 Å². The fourth-order valence-corrected chi connectivity index (χ4v) is 5.91. The van der Waals surface area contributed by atoms with E-state index in [9.17, 15) is 9.90 Å². The van der Waals surface area contributed by atoms with E-state index in [1.54, 1.807) is 18.4 Å². The average molecular weight is 456 g/mol. The average Bonchev–Trinajstić information content (AvgIpc) is 3.43. The molecule has 2 aliphatic heterocycles. The number of aliphatic hydroxyl groups is 1. The van der Waals surface area contributed by atoms with Crippen molar-refractivity contribution in [3.05, 3.63) is 46.0 Å². The number of hydrogen-bond acceptors (Lipinski definition) is 6. The number of urea groups is 1. The Labute approximate surface area is 191 Å². The zero-order valence-corrected chi connectivity index (χ0v) is 19.2. The van der Waals surface area contributed by atoms with E-state index in [1.165, 1.54) is 5.56 Å². The number of amides is 2. The van der Waals surface area contributed by atoms with Gasteiger partial charge in [0, 0.05) is 65.8 Å². The van der Waals surface area contributed by atoms with E-state index in [-0.39, 0.29) is 18.1 Å². The van der Waals surface area contributed by atoms with Gasteiger partial charge in [-0.05, 0) is 24.1 Å². The number of fused-ring (bicyclic) bond motifs is 4. The Balaban J connectivity index is 1.54. The molecule has 2 aliphatic rings. The predicted molar refractivity (Wildman–Crippen MR) is 124 cm³/mol. The van der Waals surface area contributed by atoms with Crippen molar-refractivity contribution in [1.82, 2.24) is 25.1 Å². The molecule has 32 heavy (non-hydrogen) atoms. The second-order valence-corrected chi connectivity index (χ2v) is 9.71. The van der Waals surface area contributed by atoms with Gasteiger partial charge in [0.25, 0.3) is 0 Å². The molecule has 9 heteroatoms. The smallest absolute Gasteiger partial charge is 0.318 e. The molecule has 0 aliphatic carbocycles. The monoisotopic (exact) mass is 455 g/mol. The number of H-pyrrole nitrogens is 1. The minimum atomic E-state index is -0.404. The standard InChI is InChI=1S/C23H29N5O3S/c1-3-6-25-22(30)28-14-23(12-27(13-23)10-19-24-7-8-32-19)20-16-5-4-15(31-2)9-17(16)26-21(20)18(28)11-29/h4-5,7-9,18,26,29H,3,6,10-14H2,1-2H3,(H,25,30)/t18-/m0/s1. The number of methoxy groups -OCH3 is 1. The molecule has 1 fully saturated rings. The minimum absolute atomic E-state index is 0.120. The molecule has 2 amide bonds. The van der Waals surface area contributed by atoms with Crippen LogP contribution in [-0.4, -0.2) is 70.8 Å². The zero-order chi connectivity index (χ0) is 22.3. The van der Waals surface area contributed by atoms with Crippen LogP contribution in [0.15, 0.2) is 29.8 Å². The Morgan fingerprint density at radius 1 is 1.41 bits per heavy atom. The van der Waals surface area contributed by atoms with Crippen LogP contribution in [0.25, 0.3) is 10.9 Å². The van der Waals surface area contributed by atoms with Crippen molar-refractivity contribution in [1.29, 1.82) is 0 Å². The Morgan fingerprint density at radius 2 is 2.25 bits per heavy atom. The van der Waals surface area contributed by atoms with E-state index in [0.29, 0.717) is 13.1 Å². The maximum Gasteiger partial charge on any atom is 0.318 e. The summed E-state index contributed by atoms with van der Waals surface area (Å²) in [5.41, 5.74) is 2.95. The number of rotatable bonds is 6. The summed E-state index contributed by atoms with van der Waals surface area (Å²) in [7, 11) is 1.66. The molecule has 3 aromatic rings. The first-order valence-electron chi connectivity index (χ1n) is 11.0. The third-order valence-electron chi connectivity index (χ3n) is 6.60. The molecule has 2 aromatic heterocycles. The summed E-state index contributed by atoms with van der Waals surface area (Å²) in [4.78, 5) is 25.2. The molecule has 1 saturated heterocycles. The van der Waals surface area contributed by atoms with E-state index in [4.69, 9.17) is 4.74 Å². The molecule has 4 heterocycles. The normalized spacial score (nSPS) is 19.7. The first kappa shape index (κ1) is 21.2. The van der Waals surface area contributed by atoms with Crippen molar-refractivity contribution in [2.24, 2.45) is 0 Å². The van der Waals surface area contributed by atoms with Gasteiger partial charge in [-0.15, -0.1) is 11.3 Å². The molecule has 0 unspecified atom stereocenters. The number of likely N-dealkylation sites (tertiary alicyclic amines) is 1. The maximum atomic E-state index is 13.1. The molecule has 0 bridgehead atoms. The predicted octanol–water partition coefficient (Wildman–Crippen LogP) is 2.86. The lowest BCUT2D eigenvalue weighted by Crippen LogP contribution is -2.67. The molecule has 1 aromatic carbocycles. The third kappa shape index (κ3) is 3.44. The second-order valence-electron chi connectivity index (χ2n) is 8.73. The van der Waals surface area contributed by atoms with Gasteiger partial charge >= 0.3 is 6.03 Å². The summed E-state index contributed by atoms with van der Waals surface area (Å²) in [6, 6.07) is 5.54. The topological polar surface area (TPSA) is 93.7 Å². The van der Waals surface area contributed by atoms with E-state index in [2.05, 4.69) is 26.3 Å². The molecule has 0 radical (unpaired) electrons. The first-order valence-corrected chi connectivity index (χ1v) is 11.9. The van der Waals surface area contributed by atoms with Crippen LogP contribution in [0.3, 0.4) is 0 Å². The molecular formula is C23H29N5O3S. The van der Waals surface area contributed by atoms with Gasteiger partial charge in [-0.2, -0.15) is 0 Å². The van der Waals surface area contributed by atoms with Crippen LogP contribution in [0.5, 0.6) is 5.75 Å². The number of carbonyl (C=O) groups is 1. The molecule has 8 nitrogen and oxygen atoms in total. The number of carbonyl (C=O) groups excluding carboxylic acids is 1. The highest BCUT2D eigenvalue weighted by Gasteiger charge is 2.53. The fourth-order valence-electron chi connectivity index (χ4n) is 5.26. The van der Waals surface area contributed by atoms with Crippen LogP contribution in [0.1, 0.15) is 35.7 Å². The molecule has 3 N–H and O–H groups in total. The van der Waals surface area contributed by atoms with Crippen LogP contribution in [0, 0.1) is 0 Å². The summed E-state index contributed by atoms with van der Waals surface area (Å²) >= 11 is 1.67. The van der Waals surface area contributed by atoms with Gasteiger partial charge in [-0.3, -0.25) is 4.90 Å². The minimum Gasteiger partial charge on any atom is -0.497 e. The highest BCUT2D eigenvalue weighted by molar-refractivity contribution is 7.09. The van der Waals surface area contributed by atoms with E-state index >= 15 is 0 Å². The Hall–Kier alpha value is -2.62. The summed E-state index contributed by atoms with van der Waals surface area (Å²) < 4.78 is 5.42. The van der Waals surface area contributed by atoms with Gasteiger partial charge in [0.05, 0.1) is 26.3 Å². The van der Waals surface area contributed by atoms with Crippen molar-refractivity contribution < 1.29 is 14.6 Å². The molecule has 0 saturated carbocycles. The molecule has 1 spiro atoms. The SMILES string of the molecule is CCCNC(=O)N1CC2(CN(Cc3nccs3)C2)c2c([nH]c3cc(OC)ccc23)[C@@H]1CO. The van der Waals surface area contributed by atoms with Crippen LogP contribution >= 0.6 is 11.3 Å². The summed E-state index contributed by atoms with van der Waals surface area (Å²) in [6.45, 7) is 5.60. The summed E-state index contributed by atoms with van der Waals surface area (Å²) in [6.07, 6.45) is 2.71. The lowest BCUT2D eigenvalue weighted by Gasteiger charge is -2.56. The van der Waals surface area contributed by atoms with Crippen LogP contribution in [-0.2, 0) is 12.0 Å². The van der Waals surface area contributed by atoms with E-state index in [1.807, 2.05) is 35.5 Å². The van der Waals surface area contributed by atoms with Gasteiger partial charge in [-0.1, -0.05) is 6.92 Å². The van der Waals surface area contributed by atoms with E-state index < -0.39 is 6.04 Å². The number of aromatic amines is 1. The van der Waals surface area contributed by atoms with Crippen molar-refractivity contribution in [3.63, 3.8) is 0 Å². The quantitative estimate of drug-likeness (QED) is 0.531. The van der Waals surface area contributed by atoms with Crippen molar-refractivity contribution in [2.45, 2.75) is 31.3 Å². The van der Waals surface area contributed by atoms with Gasteiger partial charge in [0.2, 0.25) is 0 Å². The van der Waals surface area contributed by atoms with Crippen molar-refractivity contribution in [2.75, 3.05) is 39.9 Å². The molecule has 170 valence electrons. The highest BCUT2D eigenvalue weighted by atomic mass is 32.1. The summed E-state index contributed by atoms with van der Waals surface area (Å²) in [5, 5.41) is 17.6. The van der Waals surface area contributed by atoms with E-state index in [0.717, 1.165) is 53.4 Å². The number of thiazole rings is 1. The molecule has 5 rings (SSSR count). The number of aliphatic hydroxyl groups excluding tert-OH is 1. The number of hydrogen-bond donors (Lipinski definition) is 3. The fraction of sp³-hybridized carbons (Fsp3) is 0.478. The third-order valence-corrected chi connectivity index (χ3v) is 7.37. The van der Waals surface area contributed by atoms with Gasteiger partial charge in [0.1, 0.15) is 10.8 Å². The Bertz CT molecular complexity index is 1110. The maximum absolute atomic E-state index is 13.1. The zero-order valence-electron chi connectivity index (χ0n) is 18.4. The van der Waals surface area contributed by atoms with Gasteiger partial charge in [-0.25, -0.2) is 9.78 Å². The Kier molecular flexibility index (Phi) is 5.56. The Morgan fingerprint density at radius 3 is 2.94 bits per heavy atom. The van der Waals surface area contributed by atoms with Crippen molar-refractivity contribution in [3.8, 4) is 5.75 Å². The highest BCUT2D eigenvalue weighted by Crippen LogP contribution is 2.48. The van der Waals surface area contributed by atoms with Crippen LogP contribution in [0.4, 0.5) is 4.79 Å². The number of nitrogens with zero attached hydrogens (tertiary/aromatic N) is 3. The number of nitrogens with one attached hydrogen (secondary N) is 2. The largest absolute Gasteiger partial charge is 0.497 e. The molecular weight excluding hydrogens is 426 g/mol. The van der Waals surface area contributed by atoms with Crippen molar-refractivity contribution >= 4 is 28.3 Å². The van der Waals surface area contributed by atoms with Crippen LogP contribution in [0.2, 0.25) is 0 Å². The lowest BCUT2D eigenvalue weighted by molar-refractivity contribution is 0.00641. The summed E-state index contributed by atoms with van der Waals surface area (Å²) in [5.74, 6) is 0.780. The number of benzene rings is 1. The number of ether oxygens (including phenoxy) is 1. The van der Waals surface area contributed by atoms with Gasteiger partial charge < -0.3 is 25.0 Å². The lowest BCUT2D eigenvalue weighted by atomic mass is 9.69. The van der Waals surface area contributed by atoms with Crippen LogP contribution < -0.4 is 10.1 Å². The number of aromatic nitrogens is 2. The second kappa shape index (κ2) is 8.38. The first-order chi connectivity index (χ1) is 15.6.